The number of carbonyl (C=O) groups is 1. The van der Waals surface area contributed by atoms with Gasteiger partial charge in [0.2, 0.25) is 0 Å². The van der Waals surface area contributed by atoms with Crippen LogP contribution in [0.1, 0.15) is 22.5 Å². The van der Waals surface area contributed by atoms with E-state index in [1.54, 1.807) is 6.20 Å². The van der Waals surface area contributed by atoms with Crippen LogP contribution in [0.4, 0.5) is 5.13 Å². The highest BCUT2D eigenvalue weighted by Crippen LogP contribution is 2.22. The van der Waals surface area contributed by atoms with Crippen LogP contribution >= 0.6 is 11.3 Å². The number of rotatable bonds is 3. The Morgan fingerprint density at radius 1 is 1.59 bits per heavy atom. The van der Waals surface area contributed by atoms with Gasteiger partial charge in [-0.25, -0.2) is 9.78 Å². The number of carbonyl (C=O) groups excluding carboxylic acids is 1. The minimum Gasteiger partial charge on any atom is -0.465 e. The number of hydrogen-bond acceptors (Lipinski definition) is 6. The maximum atomic E-state index is 11.3. The SMILES string of the molecule is COC(=O)c1cnc(NC2CCN(C)CC2)s1. The van der Waals surface area contributed by atoms with Crippen molar-refractivity contribution in [2.24, 2.45) is 0 Å². The number of anilines is 1. The molecule has 94 valence electrons. The molecule has 0 amide bonds. The standard InChI is InChI=1S/C11H17N3O2S/c1-14-5-3-8(4-6-14)13-11-12-7-9(17-11)10(15)16-2/h7-8H,3-6H2,1-2H3,(H,12,13). The van der Waals surface area contributed by atoms with E-state index in [9.17, 15) is 4.79 Å². The van der Waals surface area contributed by atoms with Gasteiger partial charge in [0, 0.05) is 6.04 Å². The molecule has 0 bridgehead atoms. The van der Waals surface area contributed by atoms with E-state index < -0.39 is 0 Å². The summed E-state index contributed by atoms with van der Waals surface area (Å²) in [7, 11) is 3.51. The number of aromatic nitrogens is 1. The highest BCUT2D eigenvalue weighted by Gasteiger charge is 2.18. The summed E-state index contributed by atoms with van der Waals surface area (Å²) >= 11 is 1.35. The fourth-order valence-electron chi connectivity index (χ4n) is 1.86. The van der Waals surface area contributed by atoms with Crippen LogP contribution in [-0.2, 0) is 4.74 Å². The van der Waals surface area contributed by atoms with Gasteiger partial charge in [-0.3, -0.25) is 0 Å². The minimum atomic E-state index is -0.320. The number of methoxy groups -OCH3 is 1. The average Bonchev–Trinajstić information content (AvgIpc) is 2.80. The number of hydrogen-bond donors (Lipinski definition) is 1. The maximum absolute atomic E-state index is 11.3. The molecule has 5 nitrogen and oxygen atoms in total. The topological polar surface area (TPSA) is 54.5 Å². The van der Waals surface area contributed by atoms with E-state index in [1.807, 2.05) is 0 Å². The molecule has 1 aliphatic heterocycles. The lowest BCUT2D eigenvalue weighted by Crippen LogP contribution is -2.36. The molecular weight excluding hydrogens is 238 g/mol. The number of thiazole rings is 1. The van der Waals surface area contributed by atoms with Gasteiger partial charge in [0.25, 0.3) is 0 Å². The molecule has 1 aromatic heterocycles. The van der Waals surface area contributed by atoms with E-state index >= 15 is 0 Å². The Morgan fingerprint density at radius 2 is 2.29 bits per heavy atom. The third-order valence-corrected chi connectivity index (χ3v) is 3.85. The zero-order chi connectivity index (χ0) is 12.3. The highest BCUT2D eigenvalue weighted by molar-refractivity contribution is 7.17. The Hall–Kier alpha value is -1.14. The van der Waals surface area contributed by atoms with Crippen molar-refractivity contribution in [2.45, 2.75) is 18.9 Å². The van der Waals surface area contributed by atoms with Crippen LogP contribution in [0, 0.1) is 0 Å². The predicted octanol–water partition coefficient (Wildman–Crippen LogP) is 1.44. The van der Waals surface area contributed by atoms with E-state index in [1.165, 1.54) is 18.4 Å². The normalized spacial score (nSPS) is 18.0. The lowest BCUT2D eigenvalue weighted by molar-refractivity contribution is 0.0606. The molecule has 1 aromatic rings. The van der Waals surface area contributed by atoms with E-state index in [0.717, 1.165) is 31.1 Å². The maximum Gasteiger partial charge on any atom is 0.349 e. The van der Waals surface area contributed by atoms with Crippen molar-refractivity contribution in [1.29, 1.82) is 0 Å². The summed E-state index contributed by atoms with van der Waals surface area (Å²) in [6.45, 7) is 2.21. The molecule has 0 unspecified atom stereocenters. The highest BCUT2D eigenvalue weighted by atomic mass is 32.1. The smallest absolute Gasteiger partial charge is 0.349 e. The van der Waals surface area contributed by atoms with Crippen molar-refractivity contribution in [3.63, 3.8) is 0 Å². The first kappa shape index (κ1) is 12.3. The van der Waals surface area contributed by atoms with Crippen molar-refractivity contribution in [3.8, 4) is 0 Å². The van der Waals surface area contributed by atoms with E-state index in [4.69, 9.17) is 0 Å². The van der Waals surface area contributed by atoms with Gasteiger partial charge < -0.3 is 15.0 Å². The van der Waals surface area contributed by atoms with Crippen molar-refractivity contribution >= 4 is 22.4 Å². The van der Waals surface area contributed by atoms with Crippen LogP contribution < -0.4 is 5.32 Å². The second-order valence-electron chi connectivity index (χ2n) is 4.24. The number of nitrogens with zero attached hydrogens (tertiary/aromatic N) is 2. The van der Waals surface area contributed by atoms with Crippen molar-refractivity contribution in [1.82, 2.24) is 9.88 Å². The summed E-state index contributed by atoms with van der Waals surface area (Å²) in [6.07, 6.45) is 3.79. The molecule has 1 fully saturated rings. The zero-order valence-corrected chi connectivity index (χ0v) is 10.9. The molecule has 2 rings (SSSR count). The third kappa shape index (κ3) is 3.17. The molecular formula is C11H17N3O2S. The number of esters is 1. The monoisotopic (exact) mass is 255 g/mol. The Labute approximate surface area is 105 Å². The molecule has 17 heavy (non-hydrogen) atoms. The molecule has 0 aliphatic carbocycles. The van der Waals surface area contributed by atoms with Crippen LogP contribution in [0.2, 0.25) is 0 Å². The molecule has 0 radical (unpaired) electrons. The average molecular weight is 255 g/mol. The molecule has 1 saturated heterocycles. The first-order chi connectivity index (χ1) is 8.19. The van der Waals surface area contributed by atoms with E-state index in [0.29, 0.717) is 10.9 Å². The molecule has 0 atom stereocenters. The molecule has 2 heterocycles. The predicted molar refractivity (Wildman–Crippen MR) is 67.6 cm³/mol. The Balaban J connectivity index is 1.90. The van der Waals surface area contributed by atoms with Crippen molar-refractivity contribution in [3.05, 3.63) is 11.1 Å². The summed E-state index contributed by atoms with van der Waals surface area (Å²) in [5.41, 5.74) is 0. The largest absolute Gasteiger partial charge is 0.465 e. The first-order valence-corrected chi connectivity index (χ1v) is 6.50. The quantitative estimate of drug-likeness (QED) is 0.828. The minimum absolute atomic E-state index is 0.320. The second-order valence-corrected chi connectivity index (χ2v) is 5.27. The van der Waals surface area contributed by atoms with Crippen molar-refractivity contribution in [2.75, 3.05) is 32.6 Å². The molecule has 0 aromatic carbocycles. The zero-order valence-electron chi connectivity index (χ0n) is 10.1. The third-order valence-electron chi connectivity index (χ3n) is 2.94. The van der Waals surface area contributed by atoms with Crippen LogP contribution in [-0.4, -0.2) is 49.1 Å². The molecule has 1 aliphatic rings. The number of piperidine rings is 1. The van der Waals surface area contributed by atoms with Gasteiger partial charge in [0.05, 0.1) is 13.3 Å². The summed E-state index contributed by atoms with van der Waals surface area (Å²) < 4.78 is 4.65. The van der Waals surface area contributed by atoms with Gasteiger partial charge in [-0.1, -0.05) is 11.3 Å². The first-order valence-electron chi connectivity index (χ1n) is 5.68. The van der Waals surface area contributed by atoms with Gasteiger partial charge in [0.15, 0.2) is 5.13 Å². The van der Waals surface area contributed by atoms with E-state index in [2.05, 4.69) is 27.0 Å². The van der Waals surface area contributed by atoms with Crippen LogP contribution in [0.15, 0.2) is 6.20 Å². The summed E-state index contributed by atoms with van der Waals surface area (Å²) in [5, 5.41) is 4.18. The fraction of sp³-hybridized carbons (Fsp3) is 0.636. The second kappa shape index (κ2) is 5.46. The lowest BCUT2D eigenvalue weighted by atomic mass is 10.1. The van der Waals surface area contributed by atoms with Crippen molar-refractivity contribution < 1.29 is 9.53 Å². The van der Waals surface area contributed by atoms with Gasteiger partial charge >= 0.3 is 5.97 Å². The lowest BCUT2D eigenvalue weighted by Gasteiger charge is -2.29. The summed E-state index contributed by atoms with van der Waals surface area (Å²) in [4.78, 5) is 18.3. The van der Waals surface area contributed by atoms with Crippen LogP contribution in [0.5, 0.6) is 0 Å². The molecule has 0 spiro atoms. The number of ether oxygens (including phenoxy) is 1. The van der Waals surface area contributed by atoms with Gasteiger partial charge in [0.1, 0.15) is 4.88 Å². The molecule has 6 heteroatoms. The molecule has 0 saturated carbocycles. The van der Waals surface area contributed by atoms with Gasteiger partial charge in [-0.15, -0.1) is 0 Å². The van der Waals surface area contributed by atoms with E-state index in [-0.39, 0.29) is 5.97 Å². The summed E-state index contributed by atoms with van der Waals surface area (Å²) in [6, 6.07) is 0.461. The van der Waals surface area contributed by atoms with Gasteiger partial charge in [-0.05, 0) is 33.0 Å². The Bertz CT molecular complexity index is 386. The van der Waals surface area contributed by atoms with Crippen LogP contribution in [0.3, 0.4) is 0 Å². The Kier molecular flexibility index (Phi) is 3.96. The fourth-order valence-corrected chi connectivity index (χ4v) is 2.67. The number of likely N-dealkylation sites (tertiary alicyclic amines) is 1. The van der Waals surface area contributed by atoms with Crippen LogP contribution in [0.25, 0.3) is 0 Å². The Morgan fingerprint density at radius 3 is 2.94 bits per heavy atom. The molecule has 1 N–H and O–H groups in total. The number of nitrogens with one attached hydrogen (secondary N) is 1. The summed E-state index contributed by atoms with van der Waals surface area (Å²) in [5.74, 6) is -0.320. The van der Waals surface area contributed by atoms with Gasteiger partial charge in [-0.2, -0.15) is 0 Å².